The highest BCUT2D eigenvalue weighted by Crippen LogP contribution is 2.21. The minimum atomic E-state index is 0.900. The molecular weight excluding hydrogens is 440 g/mol. The molecule has 2 N–H and O–H groups in total. The maximum absolute atomic E-state index is 4.62. The molecule has 0 spiro atoms. The number of benzene rings is 5. The average molecular weight is 467 g/mol. The quantitative estimate of drug-likeness (QED) is 0.225. The van der Waals surface area contributed by atoms with Crippen molar-refractivity contribution in [3.8, 4) is 0 Å². The molecule has 0 bridgehead atoms. The number of anilines is 4. The average Bonchev–Trinajstić information content (AvgIpc) is 2.94. The summed E-state index contributed by atoms with van der Waals surface area (Å²) in [7, 11) is 0. The number of aliphatic imine (C=N–C) groups is 2. The Bertz CT molecular complexity index is 1330. The summed E-state index contributed by atoms with van der Waals surface area (Å²) in [5.74, 6) is 0. The van der Waals surface area contributed by atoms with Crippen LogP contribution in [0, 0.1) is 0 Å². The maximum Gasteiger partial charge on any atom is 0.0631 e. The predicted octanol–water partition coefficient (Wildman–Crippen LogP) is 8.68. The minimum Gasteiger partial charge on any atom is -0.356 e. The second-order valence-corrected chi connectivity index (χ2v) is 8.26. The van der Waals surface area contributed by atoms with E-state index in [0.29, 0.717) is 0 Å². The van der Waals surface area contributed by atoms with Crippen molar-refractivity contribution in [2.75, 3.05) is 10.6 Å². The van der Waals surface area contributed by atoms with Crippen molar-refractivity contribution in [3.05, 3.63) is 145 Å². The summed E-state index contributed by atoms with van der Waals surface area (Å²) in [6, 6.07) is 44.5. The van der Waals surface area contributed by atoms with Crippen molar-refractivity contribution in [2.45, 2.75) is 0 Å². The second-order valence-electron chi connectivity index (χ2n) is 8.26. The lowest BCUT2D eigenvalue weighted by atomic mass is 10.1. The van der Waals surface area contributed by atoms with Crippen LogP contribution in [-0.4, -0.2) is 12.4 Å². The van der Waals surface area contributed by atoms with Gasteiger partial charge in [0.15, 0.2) is 0 Å². The summed E-state index contributed by atoms with van der Waals surface area (Å²) in [5.41, 5.74) is 8.03. The van der Waals surface area contributed by atoms with Crippen LogP contribution in [0.5, 0.6) is 0 Å². The molecule has 5 rings (SSSR count). The highest BCUT2D eigenvalue weighted by atomic mass is 14.9. The smallest absolute Gasteiger partial charge is 0.0631 e. The van der Waals surface area contributed by atoms with Gasteiger partial charge in [-0.15, -0.1) is 0 Å². The fourth-order valence-electron chi connectivity index (χ4n) is 3.66. The monoisotopic (exact) mass is 466 g/mol. The van der Waals surface area contributed by atoms with Crippen LogP contribution in [-0.2, 0) is 0 Å². The van der Waals surface area contributed by atoms with Crippen molar-refractivity contribution >= 4 is 46.6 Å². The van der Waals surface area contributed by atoms with Gasteiger partial charge < -0.3 is 10.6 Å². The Labute approximate surface area is 211 Å². The van der Waals surface area contributed by atoms with E-state index in [-0.39, 0.29) is 0 Å². The lowest BCUT2D eigenvalue weighted by Gasteiger charge is -2.06. The molecule has 0 fully saturated rings. The third-order valence-corrected chi connectivity index (χ3v) is 5.50. The van der Waals surface area contributed by atoms with Crippen molar-refractivity contribution in [3.63, 3.8) is 0 Å². The first-order valence-electron chi connectivity index (χ1n) is 11.8. The largest absolute Gasteiger partial charge is 0.356 e. The Morgan fingerprint density at radius 3 is 1.19 bits per heavy atom. The number of nitrogens with zero attached hydrogens (tertiary/aromatic N) is 2. The van der Waals surface area contributed by atoms with Gasteiger partial charge in [0.25, 0.3) is 0 Å². The van der Waals surface area contributed by atoms with Gasteiger partial charge >= 0.3 is 0 Å². The molecule has 4 heteroatoms. The Morgan fingerprint density at radius 2 is 0.778 bits per heavy atom. The first kappa shape index (κ1) is 22.8. The van der Waals surface area contributed by atoms with Crippen LogP contribution in [0.25, 0.3) is 0 Å². The van der Waals surface area contributed by atoms with Crippen molar-refractivity contribution in [1.82, 2.24) is 0 Å². The number of hydrogen-bond acceptors (Lipinski definition) is 4. The van der Waals surface area contributed by atoms with Crippen LogP contribution < -0.4 is 10.6 Å². The minimum absolute atomic E-state index is 0.900. The molecule has 0 aliphatic rings. The summed E-state index contributed by atoms with van der Waals surface area (Å²) in [6.07, 6.45) is 3.75. The normalized spacial score (nSPS) is 11.1. The highest BCUT2D eigenvalue weighted by molar-refractivity contribution is 5.88. The van der Waals surface area contributed by atoms with E-state index in [2.05, 4.69) is 26.7 Å². The van der Waals surface area contributed by atoms with Crippen molar-refractivity contribution in [1.29, 1.82) is 0 Å². The summed E-state index contributed by atoms with van der Waals surface area (Å²) in [5, 5.41) is 6.77. The summed E-state index contributed by atoms with van der Waals surface area (Å²) in [6.45, 7) is 0. The van der Waals surface area contributed by atoms with Crippen molar-refractivity contribution < 1.29 is 0 Å². The van der Waals surface area contributed by atoms with Crippen LogP contribution in [0.4, 0.5) is 34.1 Å². The van der Waals surface area contributed by atoms with Gasteiger partial charge in [-0.1, -0.05) is 54.6 Å². The molecule has 0 aliphatic carbocycles. The molecule has 5 aromatic carbocycles. The molecule has 0 aromatic heterocycles. The first-order chi connectivity index (χ1) is 17.8. The molecule has 0 radical (unpaired) electrons. The molecule has 0 aliphatic heterocycles. The van der Waals surface area contributed by atoms with Gasteiger partial charge in [0, 0.05) is 35.2 Å². The topological polar surface area (TPSA) is 48.8 Å². The zero-order valence-electron chi connectivity index (χ0n) is 19.8. The van der Waals surface area contributed by atoms with E-state index in [1.165, 1.54) is 0 Å². The zero-order valence-corrected chi connectivity index (χ0v) is 19.8. The number of hydrogen-bond donors (Lipinski definition) is 2. The van der Waals surface area contributed by atoms with Crippen LogP contribution in [0.3, 0.4) is 0 Å². The lowest BCUT2D eigenvalue weighted by Crippen LogP contribution is -1.89. The maximum atomic E-state index is 4.62. The third kappa shape index (κ3) is 6.55. The fourth-order valence-corrected chi connectivity index (χ4v) is 3.66. The molecule has 0 unspecified atom stereocenters. The van der Waals surface area contributed by atoms with E-state index in [4.69, 9.17) is 0 Å². The van der Waals surface area contributed by atoms with E-state index in [0.717, 1.165) is 45.3 Å². The zero-order chi connectivity index (χ0) is 24.4. The standard InChI is InChI=1S/C32H26N4/c1-3-10-29(11-4-1)35-31-18-14-27(15-19-31)33-23-25-8-7-9-26(22-25)24-34-28-16-20-32(21-17-28)36-30-12-5-2-6-13-30/h1-24,35-36H/b33-23+,34-24?. The van der Waals surface area contributed by atoms with E-state index in [1.54, 1.807) is 0 Å². The summed E-state index contributed by atoms with van der Waals surface area (Å²) in [4.78, 5) is 9.25. The molecule has 4 nitrogen and oxygen atoms in total. The molecule has 174 valence electrons. The van der Waals surface area contributed by atoms with Crippen LogP contribution >= 0.6 is 0 Å². The van der Waals surface area contributed by atoms with Gasteiger partial charge in [0.05, 0.1) is 11.4 Å². The van der Waals surface area contributed by atoms with Crippen LogP contribution in [0.1, 0.15) is 11.1 Å². The molecule has 0 saturated carbocycles. The fraction of sp³-hybridized carbons (Fsp3) is 0. The van der Waals surface area contributed by atoms with Gasteiger partial charge in [-0.05, 0) is 90.0 Å². The van der Waals surface area contributed by atoms with Crippen LogP contribution in [0.15, 0.2) is 143 Å². The van der Waals surface area contributed by atoms with E-state index in [1.807, 2.05) is 140 Å². The third-order valence-electron chi connectivity index (χ3n) is 5.50. The van der Waals surface area contributed by atoms with Crippen molar-refractivity contribution in [2.24, 2.45) is 9.98 Å². The molecule has 0 saturated heterocycles. The Morgan fingerprint density at radius 1 is 0.389 bits per heavy atom. The SMILES string of the molecule is C(=Nc1ccc(Nc2ccccc2)cc1)c1cccc(/C=N/c2ccc(Nc3ccccc3)cc2)c1. The summed E-state index contributed by atoms with van der Waals surface area (Å²) < 4.78 is 0. The highest BCUT2D eigenvalue weighted by Gasteiger charge is 1.97. The van der Waals surface area contributed by atoms with Gasteiger partial charge in [0.1, 0.15) is 0 Å². The summed E-state index contributed by atoms with van der Waals surface area (Å²) >= 11 is 0. The Hall–Kier alpha value is -4.96. The van der Waals surface area contributed by atoms with E-state index < -0.39 is 0 Å². The lowest BCUT2D eigenvalue weighted by molar-refractivity contribution is 1.49. The number of rotatable bonds is 8. The van der Waals surface area contributed by atoms with Gasteiger partial charge in [-0.25, -0.2) is 0 Å². The number of nitrogens with one attached hydrogen (secondary N) is 2. The predicted molar refractivity (Wildman–Crippen MR) is 153 cm³/mol. The molecule has 36 heavy (non-hydrogen) atoms. The first-order valence-corrected chi connectivity index (χ1v) is 11.8. The van der Waals surface area contributed by atoms with E-state index >= 15 is 0 Å². The molecule has 0 heterocycles. The van der Waals surface area contributed by atoms with Gasteiger partial charge in [0.2, 0.25) is 0 Å². The Balaban J connectivity index is 1.19. The van der Waals surface area contributed by atoms with E-state index in [9.17, 15) is 0 Å². The van der Waals surface area contributed by atoms with Gasteiger partial charge in [-0.2, -0.15) is 0 Å². The molecule has 5 aromatic rings. The molecular formula is C32H26N4. The Kier molecular flexibility index (Phi) is 7.26. The molecule has 0 atom stereocenters. The second kappa shape index (κ2) is 11.4. The van der Waals surface area contributed by atoms with Gasteiger partial charge in [-0.3, -0.25) is 9.98 Å². The van der Waals surface area contributed by atoms with Crippen LogP contribution in [0.2, 0.25) is 0 Å². The number of para-hydroxylation sites is 2. The molecule has 0 amide bonds.